The predicted molar refractivity (Wildman–Crippen MR) is 173 cm³/mol. The zero-order valence-corrected chi connectivity index (χ0v) is 26.6. The normalized spacial score (nSPS) is 15.5. The molecule has 232 valence electrons. The van der Waals surface area contributed by atoms with E-state index in [0.29, 0.717) is 30.3 Å². The van der Waals surface area contributed by atoms with Crippen LogP contribution in [0.1, 0.15) is 55.5 Å². The monoisotopic (exact) mass is 615 g/mol. The summed E-state index contributed by atoms with van der Waals surface area (Å²) >= 11 is 0. The lowest BCUT2D eigenvalue weighted by atomic mass is 9.97. The topological polar surface area (TPSA) is 97.0 Å². The largest absolute Gasteiger partial charge is 0.497 e. The molecule has 44 heavy (non-hydrogen) atoms. The van der Waals surface area contributed by atoms with Crippen LogP contribution in [0.4, 0.5) is 0 Å². The Kier molecular flexibility index (Phi) is 9.88. The van der Waals surface area contributed by atoms with Crippen LogP contribution >= 0.6 is 0 Å². The van der Waals surface area contributed by atoms with Crippen molar-refractivity contribution in [1.29, 1.82) is 0 Å². The lowest BCUT2D eigenvalue weighted by Crippen LogP contribution is -2.36. The van der Waals surface area contributed by atoms with Crippen molar-refractivity contribution in [2.24, 2.45) is 5.92 Å². The number of fused-ring (bicyclic) bond motifs is 2. The fourth-order valence-corrected chi connectivity index (χ4v) is 7.05. The Bertz CT molecular complexity index is 1710. The molecule has 0 aromatic heterocycles. The molecule has 0 spiro atoms. The fourth-order valence-electron chi connectivity index (χ4n) is 5.79. The molecule has 0 bridgehead atoms. The van der Waals surface area contributed by atoms with E-state index in [1.54, 1.807) is 31.4 Å². The first-order chi connectivity index (χ1) is 21.1. The van der Waals surface area contributed by atoms with Gasteiger partial charge in [-0.25, -0.2) is 13.1 Å². The van der Waals surface area contributed by atoms with Gasteiger partial charge in [0, 0.05) is 31.5 Å². The van der Waals surface area contributed by atoms with Crippen LogP contribution in [0.3, 0.4) is 0 Å². The van der Waals surface area contributed by atoms with Gasteiger partial charge in [0.25, 0.3) is 0 Å². The Balaban J connectivity index is 1.32. The van der Waals surface area contributed by atoms with Crippen LogP contribution in [0.2, 0.25) is 0 Å². The van der Waals surface area contributed by atoms with Crippen molar-refractivity contribution in [3.8, 4) is 11.5 Å². The zero-order chi connectivity index (χ0) is 31.3. The molecule has 4 aromatic carbocycles. The van der Waals surface area contributed by atoms with Crippen molar-refractivity contribution in [3.05, 3.63) is 102 Å². The number of carbonyl (C=O) groups is 1. The number of sulfonamides is 1. The number of benzene rings is 4. The van der Waals surface area contributed by atoms with Crippen LogP contribution in [0.15, 0.2) is 89.8 Å². The van der Waals surface area contributed by atoms with Gasteiger partial charge in [-0.05, 0) is 65.2 Å². The van der Waals surface area contributed by atoms with Crippen LogP contribution in [-0.2, 0) is 21.4 Å². The van der Waals surface area contributed by atoms with E-state index in [2.05, 4.69) is 48.0 Å². The summed E-state index contributed by atoms with van der Waals surface area (Å²) in [6, 6.07) is 24.9. The summed E-state index contributed by atoms with van der Waals surface area (Å²) in [5.74, 6) is 1.76. The van der Waals surface area contributed by atoms with E-state index in [0.717, 1.165) is 40.7 Å². The Hall–Kier alpha value is -3.92. The maximum Gasteiger partial charge on any atom is 0.241 e. The van der Waals surface area contributed by atoms with E-state index in [9.17, 15) is 13.2 Å². The number of nitrogens with zero attached hydrogens (tertiary/aromatic N) is 1. The van der Waals surface area contributed by atoms with Crippen molar-refractivity contribution >= 4 is 26.7 Å². The van der Waals surface area contributed by atoms with Gasteiger partial charge in [0.05, 0.1) is 30.7 Å². The fraction of sp³-hybridized carbons (Fsp3) is 0.343. The smallest absolute Gasteiger partial charge is 0.241 e. The molecule has 2 unspecified atom stereocenters. The summed E-state index contributed by atoms with van der Waals surface area (Å²) in [7, 11) is -0.282. The first kappa shape index (κ1) is 31.5. The van der Waals surface area contributed by atoms with Gasteiger partial charge >= 0.3 is 0 Å². The molecule has 1 amide bonds. The number of ether oxygens (including phenoxy) is 2. The van der Waals surface area contributed by atoms with Gasteiger partial charge in [-0.1, -0.05) is 68.4 Å². The van der Waals surface area contributed by atoms with Crippen LogP contribution in [0, 0.1) is 5.92 Å². The summed E-state index contributed by atoms with van der Waals surface area (Å²) in [5.41, 5.74) is 2.80. The molecule has 2 atom stereocenters. The van der Waals surface area contributed by atoms with Crippen molar-refractivity contribution in [1.82, 2.24) is 14.9 Å². The SMILES string of the molecule is COc1ccc2ccc(S(=O)(=O)NC(CC(=O)NC3CCOc4cc(CN(C)CC(C)C)ccc43)c3ccccc3)cc2c1. The zero-order valence-electron chi connectivity index (χ0n) is 25.7. The van der Waals surface area contributed by atoms with Crippen LogP contribution < -0.4 is 19.5 Å². The van der Waals surface area contributed by atoms with Gasteiger partial charge in [-0.15, -0.1) is 0 Å². The summed E-state index contributed by atoms with van der Waals surface area (Å²) in [4.78, 5) is 15.9. The molecule has 0 saturated carbocycles. The number of hydrogen-bond donors (Lipinski definition) is 2. The summed E-state index contributed by atoms with van der Waals surface area (Å²) in [6.45, 7) is 6.71. The predicted octanol–water partition coefficient (Wildman–Crippen LogP) is 5.99. The molecule has 4 aromatic rings. The minimum absolute atomic E-state index is 0.0601. The van der Waals surface area contributed by atoms with Crippen LogP contribution in [-0.4, -0.2) is 46.5 Å². The second-order valence-corrected chi connectivity index (χ2v) is 13.6. The van der Waals surface area contributed by atoms with Crippen molar-refractivity contribution in [2.45, 2.75) is 50.2 Å². The van der Waals surface area contributed by atoms with Crippen molar-refractivity contribution < 1.29 is 22.7 Å². The molecule has 1 heterocycles. The van der Waals surface area contributed by atoms with Gasteiger partial charge in [0.15, 0.2) is 0 Å². The van der Waals surface area contributed by atoms with E-state index >= 15 is 0 Å². The molecule has 1 aliphatic rings. The quantitative estimate of drug-likeness (QED) is 0.203. The minimum atomic E-state index is -3.96. The number of methoxy groups -OCH3 is 1. The van der Waals surface area contributed by atoms with E-state index in [4.69, 9.17) is 9.47 Å². The average molecular weight is 616 g/mol. The molecule has 9 heteroatoms. The van der Waals surface area contributed by atoms with E-state index in [1.165, 1.54) is 0 Å². The lowest BCUT2D eigenvalue weighted by Gasteiger charge is -2.28. The number of rotatable bonds is 12. The Morgan fingerprint density at radius 3 is 2.52 bits per heavy atom. The Labute approximate surface area is 260 Å². The highest BCUT2D eigenvalue weighted by molar-refractivity contribution is 7.89. The maximum absolute atomic E-state index is 13.6. The summed E-state index contributed by atoms with van der Waals surface area (Å²) in [6.07, 6.45) is 0.572. The second-order valence-electron chi connectivity index (χ2n) is 11.9. The molecule has 0 aliphatic carbocycles. The number of nitrogens with one attached hydrogen (secondary N) is 2. The summed E-state index contributed by atoms with van der Waals surface area (Å²) < 4.78 is 41.3. The highest BCUT2D eigenvalue weighted by Crippen LogP contribution is 2.34. The lowest BCUT2D eigenvalue weighted by molar-refractivity contribution is -0.122. The standard InChI is InChI=1S/C35H41N3O5S/c1-24(2)22-38(3)23-25-10-15-31-32(16-17-43-34(31)18-25)36-35(39)21-33(27-8-6-5-7-9-27)37-44(40,41)30-14-12-26-11-13-29(42-4)19-28(26)20-30/h5-15,18-20,24,32-33,37H,16-17,21-23H2,1-4H3,(H,36,39). The molecule has 1 aliphatic heterocycles. The molecule has 0 radical (unpaired) electrons. The molecule has 0 saturated heterocycles. The van der Waals surface area contributed by atoms with E-state index in [1.807, 2.05) is 48.5 Å². The first-order valence-electron chi connectivity index (χ1n) is 15.0. The summed E-state index contributed by atoms with van der Waals surface area (Å²) in [5, 5.41) is 4.79. The van der Waals surface area contributed by atoms with Gasteiger partial charge in [0.2, 0.25) is 15.9 Å². The van der Waals surface area contributed by atoms with Gasteiger partial charge in [-0.3, -0.25) is 4.79 Å². The number of amides is 1. The third-order valence-corrected chi connectivity index (χ3v) is 9.27. The van der Waals surface area contributed by atoms with E-state index < -0.39 is 16.1 Å². The van der Waals surface area contributed by atoms with Crippen LogP contribution in [0.5, 0.6) is 11.5 Å². The van der Waals surface area contributed by atoms with Crippen molar-refractivity contribution in [3.63, 3.8) is 0 Å². The highest BCUT2D eigenvalue weighted by Gasteiger charge is 2.28. The Morgan fingerprint density at radius 2 is 1.77 bits per heavy atom. The molecular formula is C35H41N3O5S. The molecule has 2 N–H and O–H groups in total. The number of carbonyl (C=O) groups excluding carboxylic acids is 1. The van der Waals surface area contributed by atoms with Gasteiger partial charge in [0.1, 0.15) is 11.5 Å². The number of hydrogen-bond acceptors (Lipinski definition) is 6. The van der Waals surface area contributed by atoms with Crippen LogP contribution in [0.25, 0.3) is 10.8 Å². The molecule has 5 rings (SSSR count). The third-order valence-electron chi connectivity index (χ3n) is 7.80. The molecule has 0 fully saturated rings. The third kappa shape index (κ3) is 7.77. The minimum Gasteiger partial charge on any atom is -0.497 e. The Morgan fingerprint density at radius 1 is 1.00 bits per heavy atom. The highest BCUT2D eigenvalue weighted by atomic mass is 32.2. The van der Waals surface area contributed by atoms with Gasteiger partial charge in [-0.2, -0.15) is 0 Å². The van der Waals surface area contributed by atoms with E-state index in [-0.39, 0.29) is 23.3 Å². The maximum atomic E-state index is 13.6. The average Bonchev–Trinajstić information content (AvgIpc) is 3.00. The first-order valence-corrected chi connectivity index (χ1v) is 16.5. The van der Waals surface area contributed by atoms with Crippen molar-refractivity contribution in [2.75, 3.05) is 27.3 Å². The second kappa shape index (κ2) is 13.8. The molecular weight excluding hydrogens is 574 g/mol. The molecule has 8 nitrogen and oxygen atoms in total. The van der Waals surface area contributed by atoms with Gasteiger partial charge < -0.3 is 19.7 Å².